The summed E-state index contributed by atoms with van der Waals surface area (Å²) < 4.78 is 119. The van der Waals surface area contributed by atoms with Gasteiger partial charge in [0.15, 0.2) is 0 Å². The van der Waals surface area contributed by atoms with Gasteiger partial charge >= 0.3 is 23.9 Å². The molecule has 0 bridgehead atoms. The lowest BCUT2D eigenvalue weighted by molar-refractivity contribution is -0.387. The highest BCUT2D eigenvalue weighted by molar-refractivity contribution is 5.13. The molecule has 0 unspecified atom stereocenters. The van der Waals surface area contributed by atoms with Crippen LogP contribution in [0.4, 0.5) is 43.9 Å². The van der Waals surface area contributed by atoms with E-state index in [4.69, 9.17) is 0 Å². The predicted molar refractivity (Wildman–Crippen MR) is 31.1 cm³/mol. The molecule has 0 aromatic heterocycles. The Hall–Kier alpha value is -0.960. The molecule has 0 spiro atoms. The maximum Gasteiger partial charge on any atom is 0.438 e. The van der Waals surface area contributed by atoms with Gasteiger partial charge in [-0.05, 0) is 0 Å². The van der Waals surface area contributed by atoms with Gasteiger partial charge in [0.2, 0.25) is 0 Å². The Balaban J connectivity index is 5.80. The van der Waals surface area contributed by atoms with E-state index in [0.717, 1.165) is 0 Å². The zero-order valence-corrected chi connectivity index (χ0v) is 6.93. The molecule has 0 nitrogen and oxygen atoms in total. The van der Waals surface area contributed by atoms with Crippen molar-refractivity contribution in [2.75, 3.05) is 0 Å². The Morgan fingerprint density at radius 1 is 0.625 bits per heavy atom. The summed E-state index contributed by atoms with van der Waals surface area (Å²) in [6.07, 6.45) is -16.6. The lowest BCUT2D eigenvalue weighted by Crippen LogP contribution is -2.63. The van der Waals surface area contributed by atoms with Gasteiger partial charge in [0.05, 0.1) is 6.33 Å². The molecule has 0 aliphatic carbocycles. The van der Waals surface area contributed by atoms with Gasteiger partial charge in [-0.3, -0.25) is 0 Å². The van der Waals surface area contributed by atoms with Crippen molar-refractivity contribution in [2.24, 2.45) is 0 Å². The van der Waals surface area contributed by atoms with E-state index in [1.54, 1.807) is 0 Å². The van der Waals surface area contributed by atoms with Crippen molar-refractivity contribution in [3.05, 3.63) is 12.4 Å². The van der Waals surface area contributed by atoms with E-state index < -0.39 is 36.3 Å². The minimum absolute atomic E-state index is 1.30. The molecule has 0 fully saturated rings. The second-order valence-electron chi connectivity index (χ2n) is 2.57. The number of rotatable bonds is 2. The largest absolute Gasteiger partial charge is 0.438 e. The summed E-state index contributed by atoms with van der Waals surface area (Å²) in [4.78, 5) is 0. The quantitative estimate of drug-likeness (QED) is 0.663. The lowest BCUT2D eigenvalue weighted by Gasteiger charge is -2.34. The van der Waals surface area contributed by atoms with Crippen molar-refractivity contribution in [1.82, 2.24) is 0 Å². The highest BCUT2D eigenvalue weighted by atomic mass is 19.4. The molecule has 0 aromatic carbocycles. The van der Waals surface area contributed by atoms with E-state index in [2.05, 4.69) is 0 Å². The molecular formula is C6H2F10. The van der Waals surface area contributed by atoms with Crippen LogP contribution >= 0.6 is 0 Å². The summed E-state index contributed by atoms with van der Waals surface area (Å²) in [5.41, 5.74) is -6.84. The van der Waals surface area contributed by atoms with Crippen LogP contribution in [0, 0.1) is 0 Å². The fourth-order valence-electron chi connectivity index (χ4n) is 0.733. The van der Waals surface area contributed by atoms with Gasteiger partial charge < -0.3 is 0 Å². The molecule has 0 saturated carbocycles. The van der Waals surface area contributed by atoms with Crippen molar-refractivity contribution in [3.8, 4) is 0 Å². The SMILES string of the molecule is F/C=C/C(F)(F)C(F)(C(F)(F)F)C(F)(F)F. The molecule has 0 aromatic rings. The third-order valence-corrected chi connectivity index (χ3v) is 1.51. The predicted octanol–water partition coefficient (Wildman–Crippen LogP) is 3.94. The molecule has 10 heteroatoms. The summed E-state index contributed by atoms with van der Waals surface area (Å²) in [5.74, 6) is -6.10. The molecule has 0 radical (unpaired) electrons. The van der Waals surface area contributed by atoms with Gasteiger partial charge in [0.25, 0.3) is 0 Å². The van der Waals surface area contributed by atoms with Gasteiger partial charge in [-0.25, -0.2) is 8.78 Å². The zero-order valence-electron chi connectivity index (χ0n) is 6.93. The second-order valence-corrected chi connectivity index (χ2v) is 2.57. The lowest BCUT2D eigenvalue weighted by atomic mass is 9.96. The second kappa shape index (κ2) is 3.81. The number of alkyl halides is 9. The van der Waals surface area contributed by atoms with Crippen LogP contribution in [0.1, 0.15) is 0 Å². The third kappa shape index (κ3) is 2.09. The van der Waals surface area contributed by atoms with Crippen LogP contribution in [-0.4, -0.2) is 23.9 Å². The van der Waals surface area contributed by atoms with Crippen LogP contribution in [0.3, 0.4) is 0 Å². The van der Waals surface area contributed by atoms with Crippen LogP contribution in [-0.2, 0) is 0 Å². The van der Waals surface area contributed by atoms with E-state index in [9.17, 15) is 43.9 Å². The maximum absolute atomic E-state index is 12.6. The molecule has 0 aliphatic heterocycles. The minimum Gasteiger partial charge on any atom is -0.216 e. The van der Waals surface area contributed by atoms with E-state index in [1.807, 2.05) is 0 Å². The molecule has 0 heterocycles. The van der Waals surface area contributed by atoms with Crippen molar-refractivity contribution < 1.29 is 43.9 Å². The van der Waals surface area contributed by atoms with Crippen molar-refractivity contribution in [1.29, 1.82) is 0 Å². The summed E-state index contributed by atoms with van der Waals surface area (Å²) in [6, 6.07) is 0. The Bertz CT molecular complexity index is 254. The third-order valence-electron chi connectivity index (χ3n) is 1.51. The maximum atomic E-state index is 12.6. The van der Waals surface area contributed by atoms with Crippen LogP contribution in [0.15, 0.2) is 12.4 Å². The highest BCUT2D eigenvalue weighted by Gasteiger charge is 2.83. The van der Waals surface area contributed by atoms with Crippen LogP contribution in [0.25, 0.3) is 0 Å². The van der Waals surface area contributed by atoms with Crippen molar-refractivity contribution >= 4 is 0 Å². The molecule has 0 saturated heterocycles. The van der Waals surface area contributed by atoms with Gasteiger partial charge in [-0.1, -0.05) is 0 Å². The van der Waals surface area contributed by atoms with Crippen molar-refractivity contribution in [2.45, 2.75) is 23.9 Å². The van der Waals surface area contributed by atoms with Crippen molar-refractivity contribution in [3.63, 3.8) is 0 Å². The first-order chi connectivity index (χ1) is 6.81. The molecule has 96 valence electrons. The number of allylic oxidation sites excluding steroid dienone is 1. The minimum atomic E-state index is -6.94. The first-order valence-corrected chi connectivity index (χ1v) is 3.29. The van der Waals surface area contributed by atoms with Gasteiger partial charge in [-0.15, -0.1) is 0 Å². The van der Waals surface area contributed by atoms with Gasteiger partial charge in [-0.2, -0.15) is 35.1 Å². The number of hydrogen-bond acceptors (Lipinski definition) is 0. The normalized spacial score (nSPS) is 15.9. The van der Waals surface area contributed by atoms with E-state index in [-0.39, 0.29) is 0 Å². The molecule has 0 rings (SSSR count). The van der Waals surface area contributed by atoms with Crippen LogP contribution < -0.4 is 0 Å². The van der Waals surface area contributed by atoms with E-state index in [1.165, 1.54) is 0 Å². The molecular weight excluding hydrogens is 262 g/mol. The Morgan fingerprint density at radius 2 is 0.938 bits per heavy atom. The number of halogens is 10. The first kappa shape index (κ1) is 15.0. The summed E-state index contributed by atoms with van der Waals surface area (Å²) >= 11 is 0. The standard InChI is InChI=1S/C6H2F10/c7-2-1-3(8,9)4(10,5(11,12)13)6(14,15)16/h1-2H/b2-1+. The van der Waals surface area contributed by atoms with Crippen LogP contribution in [0.5, 0.6) is 0 Å². The molecule has 0 N–H and O–H groups in total. The van der Waals surface area contributed by atoms with Gasteiger partial charge in [0, 0.05) is 6.08 Å². The Kier molecular flexibility index (Phi) is 3.58. The summed E-state index contributed by atoms with van der Waals surface area (Å²) in [7, 11) is 0. The average molecular weight is 264 g/mol. The first-order valence-electron chi connectivity index (χ1n) is 3.29. The highest BCUT2D eigenvalue weighted by Crippen LogP contribution is 2.54. The number of hydrogen-bond donors (Lipinski definition) is 0. The topological polar surface area (TPSA) is 0 Å². The summed E-state index contributed by atoms with van der Waals surface area (Å²) in [6.45, 7) is 0. The Morgan fingerprint density at radius 3 is 1.12 bits per heavy atom. The molecule has 16 heavy (non-hydrogen) atoms. The molecule has 0 aliphatic rings. The van der Waals surface area contributed by atoms with E-state index >= 15 is 0 Å². The van der Waals surface area contributed by atoms with Crippen LogP contribution in [0.2, 0.25) is 0 Å². The molecule has 0 atom stereocenters. The van der Waals surface area contributed by atoms with E-state index in [0.29, 0.717) is 0 Å². The summed E-state index contributed by atoms with van der Waals surface area (Å²) in [5, 5.41) is 0. The Labute approximate surface area is 81.5 Å². The smallest absolute Gasteiger partial charge is 0.216 e. The molecule has 0 amide bonds. The monoisotopic (exact) mass is 264 g/mol. The zero-order chi connectivity index (χ0) is 13.4. The average Bonchev–Trinajstić information content (AvgIpc) is 1.98. The fourth-order valence-corrected chi connectivity index (χ4v) is 0.733. The fraction of sp³-hybridized carbons (Fsp3) is 0.667. The van der Waals surface area contributed by atoms with Gasteiger partial charge in [0.1, 0.15) is 0 Å².